The van der Waals surface area contributed by atoms with Crippen molar-refractivity contribution >= 4 is 29.7 Å². The summed E-state index contributed by atoms with van der Waals surface area (Å²) in [4.78, 5) is 63.3. The Kier molecular flexibility index (Phi) is 10.4. The Morgan fingerprint density at radius 2 is 1.20 bits per heavy atom. The van der Waals surface area contributed by atoms with Crippen molar-refractivity contribution in [3.05, 3.63) is 91.8 Å². The molecule has 0 aliphatic heterocycles. The fraction of sp³-hybridized carbons (Fsp3) is 0.270. The van der Waals surface area contributed by atoms with E-state index < -0.39 is 41.3 Å². The highest BCUT2D eigenvalue weighted by atomic mass is 16.6. The standard InChI is InChI=1S/C37H36O13/c1-15-12-24(20(6)31(39)28(15)36(44)49-25-14-27(47-9)29(34(41)42)17(3)16(25)2)48-37(45)30-18(4)19(5)33(21(7)32(30)40)50-35(43)23-11-10-22(38)13-26(23)46-8/h10-14,23,39-40H,1-9H3,(H,41,42). The summed E-state index contributed by atoms with van der Waals surface area (Å²) in [6, 6.07) is 2.62. The van der Waals surface area contributed by atoms with Crippen molar-refractivity contribution < 1.29 is 63.0 Å². The van der Waals surface area contributed by atoms with Crippen molar-refractivity contribution in [3.8, 4) is 34.5 Å². The Bertz CT molecular complexity index is 2020. The van der Waals surface area contributed by atoms with Gasteiger partial charge in [0.1, 0.15) is 62.9 Å². The van der Waals surface area contributed by atoms with Gasteiger partial charge in [0, 0.05) is 23.3 Å². The predicted molar refractivity (Wildman–Crippen MR) is 178 cm³/mol. The van der Waals surface area contributed by atoms with Crippen molar-refractivity contribution in [3.63, 3.8) is 0 Å². The maximum absolute atomic E-state index is 13.5. The quantitative estimate of drug-likeness (QED) is 0.186. The second-order valence-corrected chi connectivity index (χ2v) is 11.7. The van der Waals surface area contributed by atoms with Crippen LogP contribution >= 0.6 is 0 Å². The molecule has 0 bridgehead atoms. The largest absolute Gasteiger partial charge is 0.507 e. The maximum atomic E-state index is 13.5. The number of phenolic OH excluding ortho intramolecular Hbond substituents is 2. The molecule has 3 N–H and O–H groups in total. The summed E-state index contributed by atoms with van der Waals surface area (Å²) >= 11 is 0. The number of esters is 3. The number of methoxy groups -OCH3 is 2. The lowest BCUT2D eigenvalue weighted by Crippen LogP contribution is -2.25. The smallest absolute Gasteiger partial charge is 0.347 e. The molecule has 13 nitrogen and oxygen atoms in total. The number of carboxylic acid groups (broad SMARTS) is 1. The number of aromatic hydroxyl groups is 2. The number of aromatic carboxylic acids is 1. The van der Waals surface area contributed by atoms with Crippen LogP contribution in [0.3, 0.4) is 0 Å². The minimum absolute atomic E-state index is 0.00971. The highest BCUT2D eigenvalue weighted by molar-refractivity contribution is 6.03. The maximum Gasteiger partial charge on any atom is 0.347 e. The van der Waals surface area contributed by atoms with E-state index in [1.54, 1.807) is 20.8 Å². The fourth-order valence-electron chi connectivity index (χ4n) is 5.55. The van der Waals surface area contributed by atoms with Gasteiger partial charge in [-0.3, -0.25) is 9.59 Å². The first kappa shape index (κ1) is 36.7. The van der Waals surface area contributed by atoms with Crippen LogP contribution in [0.4, 0.5) is 0 Å². The van der Waals surface area contributed by atoms with Gasteiger partial charge in [0.2, 0.25) is 0 Å². The van der Waals surface area contributed by atoms with Crippen LogP contribution in [0.25, 0.3) is 0 Å². The topological polar surface area (TPSA) is 192 Å². The van der Waals surface area contributed by atoms with Gasteiger partial charge in [0.25, 0.3) is 0 Å². The zero-order valence-corrected chi connectivity index (χ0v) is 28.9. The lowest BCUT2D eigenvalue weighted by molar-refractivity contribution is -0.137. The molecule has 0 radical (unpaired) electrons. The third-order valence-corrected chi connectivity index (χ3v) is 8.71. The molecule has 3 aromatic carbocycles. The molecule has 0 spiro atoms. The average Bonchev–Trinajstić information content (AvgIpc) is 3.06. The van der Waals surface area contributed by atoms with E-state index in [1.165, 1.54) is 72.3 Å². The van der Waals surface area contributed by atoms with Gasteiger partial charge in [-0.15, -0.1) is 0 Å². The van der Waals surface area contributed by atoms with Gasteiger partial charge in [-0.1, -0.05) is 6.08 Å². The van der Waals surface area contributed by atoms with Crippen molar-refractivity contribution in [2.45, 2.75) is 48.5 Å². The highest BCUT2D eigenvalue weighted by Gasteiger charge is 2.32. The van der Waals surface area contributed by atoms with Gasteiger partial charge in [-0.25, -0.2) is 14.4 Å². The van der Waals surface area contributed by atoms with E-state index >= 15 is 0 Å². The second kappa shape index (κ2) is 14.2. The molecule has 13 heteroatoms. The lowest BCUT2D eigenvalue weighted by atomic mass is 9.96. The number of phenols is 2. The van der Waals surface area contributed by atoms with Gasteiger partial charge in [-0.2, -0.15) is 0 Å². The van der Waals surface area contributed by atoms with Crippen LogP contribution in [-0.2, 0) is 14.3 Å². The van der Waals surface area contributed by atoms with Crippen LogP contribution in [-0.4, -0.2) is 59.2 Å². The number of carboxylic acids is 1. The number of hydrogen-bond donors (Lipinski definition) is 3. The Hall–Kier alpha value is -6.11. The summed E-state index contributed by atoms with van der Waals surface area (Å²) in [5.74, 6) is -6.33. The van der Waals surface area contributed by atoms with Crippen molar-refractivity contribution in [2.24, 2.45) is 5.92 Å². The number of ketones is 1. The molecule has 0 saturated carbocycles. The summed E-state index contributed by atoms with van der Waals surface area (Å²) in [6.45, 7) is 10.6. The fourth-order valence-corrected chi connectivity index (χ4v) is 5.55. The monoisotopic (exact) mass is 688 g/mol. The number of benzene rings is 3. The van der Waals surface area contributed by atoms with E-state index in [4.69, 9.17) is 23.7 Å². The first-order chi connectivity index (χ1) is 23.4. The SMILES string of the molecule is COC1=CC(=O)C=CC1C(=O)Oc1c(C)c(C)c(C(=O)Oc2cc(C)c(C(=O)Oc3cc(OC)c(C(=O)O)c(C)c3C)c(O)c2C)c(O)c1C. The van der Waals surface area contributed by atoms with Crippen LogP contribution in [0, 0.1) is 54.4 Å². The van der Waals surface area contributed by atoms with Gasteiger partial charge in [0.05, 0.1) is 14.2 Å². The molecule has 3 aromatic rings. The molecular formula is C37H36O13. The zero-order chi connectivity index (χ0) is 37.4. The number of hydrogen-bond acceptors (Lipinski definition) is 12. The normalized spacial score (nSPS) is 13.7. The average molecular weight is 689 g/mol. The number of allylic oxidation sites excluding steroid dienone is 2. The Morgan fingerprint density at radius 1 is 0.640 bits per heavy atom. The van der Waals surface area contributed by atoms with E-state index in [0.717, 1.165) is 0 Å². The van der Waals surface area contributed by atoms with Crippen molar-refractivity contribution in [1.82, 2.24) is 0 Å². The van der Waals surface area contributed by atoms with E-state index in [0.29, 0.717) is 16.7 Å². The third kappa shape index (κ3) is 6.62. The molecule has 1 unspecified atom stereocenters. The number of carbonyl (C=O) groups excluding carboxylic acids is 4. The number of ether oxygens (including phenoxy) is 5. The number of rotatable bonds is 9. The third-order valence-electron chi connectivity index (χ3n) is 8.71. The van der Waals surface area contributed by atoms with Gasteiger partial charge >= 0.3 is 23.9 Å². The molecular weight excluding hydrogens is 652 g/mol. The molecule has 0 saturated heterocycles. The van der Waals surface area contributed by atoms with E-state index in [1.807, 2.05) is 0 Å². The van der Waals surface area contributed by atoms with Crippen LogP contribution in [0.15, 0.2) is 36.1 Å². The number of carbonyl (C=O) groups is 5. The van der Waals surface area contributed by atoms with Crippen LogP contribution in [0.5, 0.6) is 34.5 Å². The molecule has 50 heavy (non-hydrogen) atoms. The summed E-state index contributed by atoms with van der Waals surface area (Å²) in [6.07, 6.45) is 3.73. The minimum atomic E-state index is -1.21. The Labute approximate surface area is 287 Å². The summed E-state index contributed by atoms with van der Waals surface area (Å²) < 4.78 is 27.2. The first-order valence-corrected chi connectivity index (χ1v) is 15.2. The Morgan fingerprint density at radius 3 is 1.78 bits per heavy atom. The number of aryl methyl sites for hydroxylation is 1. The van der Waals surface area contributed by atoms with E-state index in [9.17, 15) is 39.3 Å². The first-order valence-electron chi connectivity index (χ1n) is 15.2. The second-order valence-electron chi connectivity index (χ2n) is 11.7. The van der Waals surface area contributed by atoms with Crippen LogP contribution in [0.1, 0.15) is 70.0 Å². The van der Waals surface area contributed by atoms with Gasteiger partial charge in [0.15, 0.2) is 5.78 Å². The van der Waals surface area contributed by atoms with Gasteiger partial charge in [-0.05, 0) is 88.4 Å². The molecule has 1 atom stereocenters. The van der Waals surface area contributed by atoms with Crippen LogP contribution in [0.2, 0.25) is 0 Å². The predicted octanol–water partition coefficient (Wildman–Crippen LogP) is 5.59. The van der Waals surface area contributed by atoms with Crippen molar-refractivity contribution in [1.29, 1.82) is 0 Å². The van der Waals surface area contributed by atoms with E-state index in [2.05, 4.69) is 0 Å². The van der Waals surface area contributed by atoms with Crippen molar-refractivity contribution in [2.75, 3.05) is 14.2 Å². The molecule has 0 fully saturated rings. The summed E-state index contributed by atoms with van der Waals surface area (Å²) in [7, 11) is 2.60. The molecule has 4 rings (SSSR count). The molecule has 0 amide bonds. The minimum Gasteiger partial charge on any atom is -0.507 e. The summed E-state index contributed by atoms with van der Waals surface area (Å²) in [5.41, 5.74) is 1.04. The highest BCUT2D eigenvalue weighted by Crippen LogP contribution is 2.41. The van der Waals surface area contributed by atoms with Gasteiger partial charge < -0.3 is 39.0 Å². The van der Waals surface area contributed by atoms with E-state index in [-0.39, 0.29) is 73.5 Å². The summed E-state index contributed by atoms with van der Waals surface area (Å²) in [5, 5.41) is 31.8. The van der Waals surface area contributed by atoms with Crippen LogP contribution < -0.4 is 18.9 Å². The zero-order valence-electron chi connectivity index (χ0n) is 28.9. The molecule has 1 aliphatic carbocycles. The molecule has 0 heterocycles. The Balaban J connectivity index is 1.63. The molecule has 1 aliphatic rings. The molecule has 0 aromatic heterocycles. The molecule has 262 valence electrons. The lowest BCUT2D eigenvalue weighted by Gasteiger charge is -2.21.